The third-order valence-corrected chi connectivity index (χ3v) is 4.37. The summed E-state index contributed by atoms with van der Waals surface area (Å²) in [6, 6.07) is 7.32. The number of hydrogen-bond donors (Lipinski definition) is 1. The fraction of sp³-hybridized carbons (Fsp3) is 0.529. The Labute approximate surface area is 139 Å². The van der Waals surface area contributed by atoms with E-state index in [0.717, 1.165) is 5.56 Å². The first kappa shape index (κ1) is 16.7. The molecule has 2 aliphatic rings. The molecular formula is C17H21FN2O4. The van der Waals surface area contributed by atoms with E-state index in [2.05, 4.69) is 5.32 Å². The Kier molecular flexibility index (Phi) is 4.99. The van der Waals surface area contributed by atoms with Gasteiger partial charge < -0.3 is 14.8 Å². The largest absolute Gasteiger partial charge is 0.442 e. The van der Waals surface area contributed by atoms with Crippen molar-refractivity contribution in [1.29, 1.82) is 0 Å². The Morgan fingerprint density at radius 2 is 2.12 bits per heavy atom. The van der Waals surface area contributed by atoms with E-state index in [4.69, 9.17) is 9.47 Å². The van der Waals surface area contributed by atoms with Crippen LogP contribution in [0, 0.1) is 0 Å². The molecule has 0 spiro atoms. The van der Waals surface area contributed by atoms with Crippen LogP contribution in [0.3, 0.4) is 0 Å². The molecule has 2 amide bonds. The van der Waals surface area contributed by atoms with Crippen molar-refractivity contribution < 1.29 is 23.5 Å². The van der Waals surface area contributed by atoms with Crippen LogP contribution in [0.2, 0.25) is 0 Å². The average molecular weight is 336 g/mol. The monoisotopic (exact) mass is 336 g/mol. The number of amides is 2. The molecule has 2 saturated heterocycles. The number of nitrogens with one attached hydrogen (secondary N) is 1. The molecule has 1 aromatic rings. The molecule has 0 bridgehead atoms. The fourth-order valence-electron chi connectivity index (χ4n) is 3.08. The molecule has 6 nitrogen and oxygen atoms in total. The van der Waals surface area contributed by atoms with Crippen molar-refractivity contribution in [2.24, 2.45) is 0 Å². The number of cyclic esters (lactones) is 1. The maximum Gasteiger partial charge on any atom is 0.414 e. The lowest BCUT2D eigenvalue weighted by atomic mass is 9.90. The molecule has 1 aromatic carbocycles. The number of ether oxygens (including phenoxy) is 2. The van der Waals surface area contributed by atoms with E-state index in [9.17, 15) is 14.0 Å². The van der Waals surface area contributed by atoms with Gasteiger partial charge in [-0.3, -0.25) is 9.69 Å². The van der Waals surface area contributed by atoms with Gasteiger partial charge in [0.05, 0.1) is 19.7 Å². The smallest absolute Gasteiger partial charge is 0.414 e. The van der Waals surface area contributed by atoms with E-state index >= 15 is 0 Å². The molecule has 2 unspecified atom stereocenters. The molecule has 3 rings (SSSR count). The van der Waals surface area contributed by atoms with Crippen LogP contribution in [0.4, 0.5) is 14.9 Å². The second-order valence-electron chi connectivity index (χ2n) is 6.13. The Bertz CT molecular complexity index is 607. The Morgan fingerprint density at radius 3 is 2.79 bits per heavy atom. The third-order valence-electron chi connectivity index (χ3n) is 4.37. The minimum atomic E-state index is -0.997. The summed E-state index contributed by atoms with van der Waals surface area (Å²) in [6.07, 6.45) is -1.15. The lowest BCUT2D eigenvalue weighted by Gasteiger charge is -2.26. The molecule has 0 aromatic heterocycles. The van der Waals surface area contributed by atoms with Crippen LogP contribution < -0.4 is 10.2 Å². The molecule has 0 radical (unpaired) electrons. The zero-order chi connectivity index (χ0) is 17.1. The summed E-state index contributed by atoms with van der Waals surface area (Å²) < 4.78 is 24.3. The van der Waals surface area contributed by atoms with Crippen LogP contribution in [0.5, 0.6) is 0 Å². The number of carbonyl (C=O) groups excluding carboxylic acids is 2. The zero-order valence-electron chi connectivity index (χ0n) is 13.5. The summed E-state index contributed by atoms with van der Waals surface area (Å²) in [5.41, 5.74) is 1.62. The van der Waals surface area contributed by atoms with Crippen molar-refractivity contribution in [3.63, 3.8) is 0 Å². The van der Waals surface area contributed by atoms with Crippen LogP contribution in [0.25, 0.3) is 0 Å². The molecule has 24 heavy (non-hydrogen) atoms. The first-order chi connectivity index (χ1) is 11.5. The van der Waals surface area contributed by atoms with Crippen LogP contribution in [-0.4, -0.2) is 50.6 Å². The molecule has 2 heterocycles. The van der Waals surface area contributed by atoms with E-state index in [1.807, 2.05) is 12.1 Å². The van der Waals surface area contributed by atoms with Gasteiger partial charge in [-0.1, -0.05) is 12.1 Å². The van der Waals surface area contributed by atoms with Gasteiger partial charge in [-0.2, -0.15) is 0 Å². The molecule has 130 valence electrons. The van der Waals surface area contributed by atoms with Gasteiger partial charge in [0, 0.05) is 25.1 Å². The summed E-state index contributed by atoms with van der Waals surface area (Å²) in [5.74, 6) is -0.322. The highest BCUT2D eigenvalue weighted by atomic mass is 19.1. The van der Waals surface area contributed by atoms with Gasteiger partial charge in [-0.25, -0.2) is 9.18 Å². The topological polar surface area (TPSA) is 67.9 Å². The molecule has 7 heteroatoms. The van der Waals surface area contributed by atoms with Gasteiger partial charge in [0.2, 0.25) is 5.91 Å². The van der Waals surface area contributed by atoms with E-state index in [0.29, 0.717) is 31.8 Å². The molecule has 2 fully saturated rings. The predicted molar refractivity (Wildman–Crippen MR) is 85.8 cm³/mol. The normalized spacial score (nSPS) is 27.0. The van der Waals surface area contributed by atoms with Gasteiger partial charge in [0.1, 0.15) is 12.3 Å². The van der Waals surface area contributed by atoms with Gasteiger partial charge in [0.25, 0.3) is 0 Å². The number of anilines is 1. The van der Waals surface area contributed by atoms with Crippen LogP contribution in [0.15, 0.2) is 24.3 Å². The second kappa shape index (κ2) is 7.17. The number of benzene rings is 1. The highest BCUT2D eigenvalue weighted by molar-refractivity contribution is 5.89. The minimum Gasteiger partial charge on any atom is -0.442 e. The van der Waals surface area contributed by atoms with Crippen molar-refractivity contribution in [2.45, 2.75) is 31.5 Å². The SMILES string of the molecule is CC(=O)NC[C@H]1CN(c2ccc(C3CCOCC3F)cc2)C(=O)O1. The lowest BCUT2D eigenvalue weighted by Crippen LogP contribution is -2.33. The van der Waals surface area contributed by atoms with Gasteiger partial charge in [-0.05, 0) is 24.1 Å². The quantitative estimate of drug-likeness (QED) is 0.913. The average Bonchev–Trinajstić information content (AvgIpc) is 2.94. The Balaban J connectivity index is 1.65. The zero-order valence-corrected chi connectivity index (χ0v) is 13.5. The van der Waals surface area contributed by atoms with Crippen molar-refractivity contribution in [1.82, 2.24) is 5.32 Å². The lowest BCUT2D eigenvalue weighted by molar-refractivity contribution is -0.119. The summed E-state index contributed by atoms with van der Waals surface area (Å²) in [4.78, 5) is 24.4. The first-order valence-electron chi connectivity index (χ1n) is 8.09. The van der Waals surface area contributed by atoms with Crippen molar-refractivity contribution >= 4 is 17.7 Å². The molecule has 3 atom stereocenters. The van der Waals surface area contributed by atoms with Gasteiger partial charge in [0.15, 0.2) is 0 Å². The molecule has 2 aliphatic heterocycles. The maximum atomic E-state index is 14.0. The van der Waals surface area contributed by atoms with Crippen molar-refractivity contribution in [3.05, 3.63) is 29.8 Å². The van der Waals surface area contributed by atoms with E-state index < -0.39 is 12.3 Å². The number of halogens is 1. The predicted octanol–water partition coefficient (Wildman–Crippen LogP) is 1.99. The Hall–Kier alpha value is -2.15. The van der Waals surface area contributed by atoms with Gasteiger partial charge in [-0.15, -0.1) is 0 Å². The summed E-state index contributed by atoms with van der Waals surface area (Å²) in [6.45, 7) is 2.79. The van der Waals surface area contributed by atoms with E-state index in [-0.39, 0.29) is 24.5 Å². The summed E-state index contributed by atoms with van der Waals surface area (Å²) in [5, 5.41) is 2.64. The van der Waals surface area contributed by atoms with E-state index in [1.165, 1.54) is 11.8 Å². The summed E-state index contributed by atoms with van der Waals surface area (Å²) in [7, 11) is 0. The Morgan fingerprint density at radius 1 is 1.38 bits per heavy atom. The third kappa shape index (κ3) is 3.67. The number of rotatable bonds is 4. The molecule has 1 N–H and O–H groups in total. The highest BCUT2D eigenvalue weighted by Gasteiger charge is 2.33. The van der Waals surface area contributed by atoms with Crippen LogP contribution >= 0.6 is 0 Å². The van der Waals surface area contributed by atoms with Gasteiger partial charge >= 0.3 is 6.09 Å². The number of carbonyl (C=O) groups is 2. The molecule has 0 aliphatic carbocycles. The molecular weight excluding hydrogens is 315 g/mol. The molecule has 0 saturated carbocycles. The minimum absolute atomic E-state index is 0.135. The number of hydrogen-bond acceptors (Lipinski definition) is 4. The summed E-state index contributed by atoms with van der Waals surface area (Å²) >= 11 is 0. The number of alkyl halides is 1. The van der Waals surface area contributed by atoms with Crippen LogP contribution in [-0.2, 0) is 14.3 Å². The van der Waals surface area contributed by atoms with Crippen LogP contribution in [0.1, 0.15) is 24.8 Å². The fourth-order valence-corrected chi connectivity index (χ4v) is 3.08. The maximum absolute atomic E-state index is 14.0. The second-order valence-corrected chi connectivity index (χ2v) is 6.13. The number of nitrogens with zero attached hydrogens (tertiary/aromatic N) is 1. The van der Waals surface area contributed by atoms with E-state index in [1.54, 1.807) is 12.1 Å². The first-order valence-corrected chi connectivity index (χ1v) is 8.09. The van der Waals surface area contributed by atoms with Crippen molar-refractivity contribution in [3.8, 4) is 0 Å². The highest BCUT2D eigenvalue weighted by Crippen LogP contribution is 2.31. The standard InChI is InChI=1S/C17H21FN2O4/c1-11(21)19-8-14-9-20(17(22)24-14)13-4-2-12(3-5-13)15-6-7-23-10-16(15)18/h2-5,14-16H,6-10H2,1H3,(H,19,21)/t14-,15?,16?/m0/s1. The van der Waals surface area contributed by atoms with Crippen molar-refractivity contribution in [2.75, 3.05) is 31.2 Å².